The van der Waals surface area contributed by atoms with E-state index in [1.165, 1.54) is 4.90 Å². The van der Waals surface area contributed by atoms with Crippen LogP contribution in [0.1, 0.15) is 6.92 Å². The van der Waals surface area contributed by atoms with Gasteiger partial charge in [0, 0.05) is 5.02 Å². The van der Waals surface area contributed by atoms with Crippen molar-refractivity contribution in [1.82, 2.24) is 5.48 Å². The van der Waals surface area contributed by atoms with Gasteiger partial charge in [0.1, 0.15) is 12.3 Å². The van der Waals surface area contributed by atoms with Crippen LogP contribution in [0.3, 0.4) is 0 Å². The van der Waals surface area contributed by atoms with Crippen LogP contribution in [0.5, 0.6) is 5.75 Å². The number of hydrogen-bond acceptors (Lipinski definition) is 4. The Balaban J connectivity index is 2.18. The Morgan fingerprint density at radius 1 is 1.58 bits per heavy atom. The zero-order chi connectivity index (χ0) is 13.8. The van der Waals surface area contributed by atoms with E-state index in [-0.39, 0.29) is 19.1 Å². The number of anilines is 1. The Labute approximate surface area is 115 Å². The van der Waals surface area contributed by atoms with Gasteiger partial charge in [-0.05, 0) is 25.1 Å². The van der Waals surface area contributed by atoms with Gasteiger partial charge >= 0.3 is 0 Å². The van der Waals surface area contributed by atoms with Crippen molar-refractivity contribution in [1.29, 1.82) is 0 Å². The second-order valence-electron chi connectivity index (χ2n) is 3.84. The third-order valence-corrected chi connectivity index (χ3v) is 2.73. The fourth-order valence-corrected chi connectivity index (χ4v) is 1.84. The number of hydrogen-bond donors (Lipinski definition) is 1. The lowest BCUT2D eigenvalue weighted by molar-refractivity contribution is -0.133. The predicted molar refractivity (Wildman–Crippen MR) is 69.1 cm³/mol. The Morgan fingerprint density at radius 2 is 2.37 bits per heavy atom. The van der Waals surface area contributed by atoms with Gasteiger partial charge in [-0.3, -0.25) is 19.3 Å². The van der Waals surface area contributed by atoms with Crippen molar-refractivity contribution in [3.05, 3.63) is 23.2 Å². The van der Waals surface area contributed by atoms with Crippen LogP contribution in [-0.4, -0.2) is 31.6 Å². The van der Waals surface area contributed by atoms with E-state index in [1.807, 2.05) is 0 Å². The van der Waals surface area contributed by atoms with Crippen LogP contribution in [0, 0.1) is 0 Å². The summed E-state index contributed by atoms with van der Waals surface area (Å²) < 4.78 is 5.27. The highest BCUT2D eigenvalue weighted by molar-refractivity contribution is 6.31. The normalized spacial score (nSPS) is 13.8. The van der Waals surface area contributed by atoms with Crippen LogP contribution in [0.15, 0.2) is 18.2 Å². The molecule has 0 aliphatic carbocycles. The summed E-state index contributed by atoms with van der Waals surface area (Å²) in [5.41, 5.74) is 2.72. The van der Waals surface area contributed by atoms with Crippen molar-refractivity contribution in [2.24, 2.45) is 0 Å². The van der Waals surface area contributed by atoms with Crippen LogP contribution in [0.25, 0.3) is 0 Å². The second-order valence-corrected chi connectivity index (χ2v) is 4.28. The third kappa shape index (κ3) is 3.15. The molecule has 1 heterocycles. The van der Waals surface area contributed by atoms with Gasteiger partial charge in [0.2, 0.25) is 0 Å². The lowest BCUT2D eigenvalue weighted by atomic mass is 10.2. The Morgan fingerprint density at radius 3 is 3.11 bits per heavy atom. The molecule has 0 fully saturated rings. The largest absolute Gasteiger partial charge is 0.482 e. The highest BCUT2D eigenvalue weighted by Crippen LogP contribution is 2.34. The SMILES string of the molecule is CCONC(=O)CN1C(=O)COc2ccc(Cl)cc21. The van der Waals surface area contributed by atoms with Gasteiger partial charge in [-0.1, -0.05) is 11.6 Å². The molecular formula is C12H13ClN2O4. The average molecular weight is 285 g/mol. The van der Waals surface area contributed by atoms with E-state index in [0.717, 1.165) is 0 Å². The van der Waals surface area contributed by atoms with Crippen LogP contribution in [0.2, 0.25) is 5.02 Å². The molecule has 1 aliphatic heterocycles. The summed E-state index contributed by atoms with van der Waals surface area (Å²) in [7, 11) is 0. The molecule has 0 atom stereocenters. The topological polar surface area (TPSA) is 67.9 Å². The molecule has 0 radical (unpaired) electrons. The maximum Gasteiger partial charge on any atom is 0.265 e. The van der Waals surface area contributed by atoms with Gasteiger partial charge in [-0.2, -0.15) is 0 Å². The predicted octanol–water partition coefficient (Wildman–Crippen LogP) is 1.13. The van der Waals surface area contributed by atoms with E-state index in [9.17, 15) is 9.59 Å². The summed E-state index contributed by atoms with van der Waals surface area (Å²) in [6, 6.07) is 4.91. The first-order valence-corrected chi connectivity index (χ1v) is 6.13. The molecule has 1 aliphatic rings. The Hall–Kier alpha value is -1.79. The maximum atomic E-state index is 11.8. The number of rotatable bonds is 4. The van der Waals surface area contributed by atoms with E-state index < -0.39 is 5.91 Å². The van der Waals surface area contributed by atoms with Crippen LogP contribution < -0.4 is 15.1 Å². The average Bonchev–Trinajstić information content (AvgIpc) is 2.40. The lowest BCUT2D eigenvalue weighted by Gasteiger charge is -2.28. The third-order valence-electron chi connectivity index (χ3n) is 2.50. The lowest BCUT2D eigenvalue weighted by Crippen LogP contribution is -2.45. The van der Waals surface area contributed by atoms with Crippen molar-refractivity contribution in [2.75, 3.05) is 24.7 Å². The molecule has 0 aromatic heterocycles. The van der Waals surface area contributed by atoms with E-state index in [1.54, 1.807) is 25.1 Å². The van der Waals surface area contributed by atoms with Crippen LogP contribution in [0.4, 0.5) is 5.69 Å². The Bertz CT molecular complexity index is 507. The fourth-order valence-electron chi connectivity index (χ4n) is 1.68. The zero-order valence-electron chi connectivity index (χ0n) is 10.3. The van der Waals surface area contributed by atoms with Crippen molar-refractivity contribution in [2.45, 2.75) is 6.92 Å². The summed E-state index contributed by atoms with van der Waals surface area (Å²) in [6.45, 7) is 1.85. The minimum atomic E-state index is -0.414. The number of amides is 2. The number of fused-ring (bicyclic) bond motifs is 1. The van der Waals surface area contributed by atoms with E-state index in [0.29, 0.717) is 23.1 Å². The molecule has 7 heteroatoms. The molecule has 1 aromatic carbocycles. The summed E-state index contributed by atoms with van der Waals surface area (Å²) in [5, 5.41) is 0.465. The molecule has 6 nitrogen and oxygen atoms in total. The number of carbonyl (C=O) groups is 2. The molecule has 0 bridgehead atoms. The van der Waals surface area contributed by atoms with Gasteiger partial charge < -0.3 is 4.74 Å². The smallest absolute Gasteiger partial charge is 0.265 e. The summed E-state index contributed by atoms with van der Waals surface area (Å²) >= 11 is 5.89. The summed E-state index contributed by atoms with van der Waals surface area (Å²) in [4.78, 5) is 29.5. The molecule has 0 saturated heterocycles. The van der Waals surface area contributed by atoms with Gasteiger partial charge in [0.15, 0.2) is 6.61 Å². The standard InChI is InChI=1S/C12H13ClN2O4/c1-2-19-14-11(16)6-15-9-5-8(13)3-4-10(9)18-7-12(15)17/h3-5H,2,6-7H2,1H3,(H,14,16). The molecule has 0 saturated carbocycles. The minimum absolute atomic E-state index is 0.101. The molecule has 0 spiro atoms. The maximum absolute atomic E-state index is 11.8. The zero-order valence-corrected chi connectivity index (χ0v) is 11.1. The quantitative estimate of drug-likeness (QED) is 0.842. The number of carbonyl (C=O) groups excluding carboxylic acids is 2. The van der Waals surface area contributed by atoms with Crippen molar-refractivity contribution < 1.29 is 19.2 Å². The van der Waals surface area contributed by atoms with Crippen molar-refractivity contribution in [3.8, 4) is 5.75 Å². The van der Waals surface area contributed by atoms with Gasteiger partial charge in [0.05, 0.1) is 12.3 Å². The van der Waals surface area contributed by atoms with Crippen LogP contribution >= 0.6 is 11.6 Å². The highest BCUT2D eigenvalue weighted by atomic mass is 35.5. The number of nitrogens with one attached hydrogen (secondary N) is 1. The van der Waals surface area contributed by atoms with Gasteiger partial charge in [-0.25, -0.2) is 5.48 Å². The minimum Gasteiger partial charge on any atom is -0.482 e. The molecule has 2 rings (SSSR count). The number of benzene rings is 1. The number of ether oxygens (including phenoxy) is 1. The highest BCUT2D eigenvalue weighted by Gasteiger charge is 2.27. The molecular weight excluding hydrogens is 272 g/mol. The van der Waals surface area contributed by atoms with Gasteiger partial charge in [-0.15, -0.1) is 0 Å². The van der Waals surface area contributed by atoms with E-state index in [4.69, 9.17) is 21.2 Å². The molecule has 1 N–H and O–H groups in total. The van der Waals surface area contributed by atoms with Crippen LogP contribution in [-0.2, 0) is 14.4 Å². The fraction of sp³-hybridized carbons (Fsp3) is 0.333. The van der Waals surface area contributed by atoms with E-state index >= 15 is 0 Å². The molecule has 102 valence electrons. The van der Waals surface area contributed by atoms with Gasteiger partial charge in [0.25, 0.3) is 11.8 Å². The molecule has 19 heavy (non-hydrogen) atoms. The summed E-state index contributed by atoms with van der Waals surface area (Å²) in [6.07, 6.45) is 0. The summed E-state index contributed by atoms with van der Waals surface area (Å²) in [5.74, 6) is -0.197. The molecule has 1 aromatic rings. The number of nitrogens with zero attached hydrogens (tertiary/aromatic N) is 1. The van der Waals surface area contributed by atoms with Crippen molar-refractivity contribution >= 4 is 29.1 Å². The first-order chi connectivity index (χ1) is 9.11. The number of halogens is 1. The van der Waals surface area contributed by atoms with Crippen molar-refractivity contribution in [3.63, 3.8) is 0 Å². The first-order valence-electron chi connectivity index (χ1n) is 5.75. The molecule has 0 unspecified atom stereocenters. The Kier molecular flexibility index (Phi) is 4.24. The monoisotopic (exact) mass is 284 g/mol. The molecule has 2 amide bonds. The second kappa shape index (κ2) is 5.90. The number of hydroxylamine groups is 1. The van der Waals surface area contributed by atoms with E-state index in [2.05, 4.69) is 5.48 Å². The first kappa shape index (κ1) is 13.6.